The molecule has 0 aliphatic carbocycles. The van der Waals surface area contributed by atoms with Crippen LogP contribution in [-0.2, 0) is 16.3 Å². The first kappa shape index (κ1) is 15.4. The van der Waals surface area contributed by atoms with Crippen molar-refractivity contribution in [3.8, 4) is 0 Å². The van der Waals surface area contributed by atoms with Crippen molar-refractivity contribution in [3.05, 3.63) is 23.4 Å². The molecule has 0 fully saturated rings. The van der Waals surface area contributed by atoms with Crippen LogP contribution in [0.3, 0.4) is 0 Å². The first-order chi connectivity index (χ1) is 8.71. The third kappa shape index (κ3) is 5.25. The largest absolute Gasteiger partial charge is 0.384 e. The lowest BCUT2D eigenvalue weighted by Crippen LogP contribution is -2.37. The molecule has 6 nitrogen and oxygen atoms in total. The van der Waals surface area contributed by atoms with E-state index in [0.717, 1.165) is 11.9 Å². The molecule has 0 spiro atoms. The molecule has 0 saturated carbocycles. The summed E-state index contributed by atoms with van der Waals surface area (Å²) in [7, 11) is -3.12. The van der Waals surface area contributed by atoms with Crippen molar-refractivity contribution >= 4 is 21.6 Å². The van der Waals surface area contributed by atoms with Gasteiger partial charge in [0.1, 0.15) is 15.7 Å². The Balaban J connectivity index is 2.81. The second-order valence-electron chi connectivity index (χ2n) is 4.59. The number of rotatable bonds is 5. The van der Waals surface area contributed by atoms with Crippen molar-refractivity contribution in [1.82, 2.24) is 10.3 Å². The molecule has 0 radical (unpaired) electrons. The molecule has 106 valence electrons. The van der Waals surface area contributed by atoms with E-state index >= 15 is 0 Å². The number of pyridine rings is 1. The number of nitrogen functional groups attached to an aromatic ring is 1. The highest BCUT2D eigenvalue weighted by atomic mass is 32.2. The smallest absolute Gasteiger partial charge is 0.251 e. The Morgan fingerprint density at radius 2 is 2.11 bits per heavy atom. The average Bonchev–Trinajstić information content (AvgIpc) is 2.25. The summed E-state index contributed by atoms with van der Waals surface area (Å²) >= 11 is 0. The summed E-state index contributed by atoms with van der Waals surface area (Å²) < 4.78 is 22.3. The Kier molecular flexibility index (Phi) is 4.88. The molecule has 19 heavy (non-hydrogen) atoms. The van der Waals surface area contributed by atoms with Gasteiger partial charge in [0.2, 0.25) is 0 Å². The predicted octanol–water partition coefficient (Wildman–Crippen LogP) is 0.389. The summed E-state index contributed by atoms with van der Waals surface area (Å²) in [4.78, 5) is 16.0. The summed E-state index contributed by atoms with van der Waals surface area (Å²) in [5.74, 6) is -0.167. The van der Waals surface area contributed by atoms with Gasteiger partial charge >= 0.3 is 0 Å². The van der Waals surface area contributed by atoms with Crippen molar-refractivity contribution in [2.75, 3.05) is 17.7 Å². The second-order valence-corrected chi connectivity index (χ2v) is 6.78. The van der Waals surface area contributed by atoms with Gasteiger partial charge in [-0.1, -0.05) is 6.92 Å². The van der Waals surface area contributed by atoms with Gasteiger partial charge in [-0.3, -0.25) is 4.79 Å². The zero-order valence-corrected chi connectivity index (χ0v) is 12.1. The molecule has 1 aromatic rings. The molecule has 3 N–H and O–H groups in total. The lowest BCUT2D eigenvalue weighted by molar-refractivity contribution is 0.0943. The van der Waals surface area contributed by atoms with Crippen molar-refractivity contribution in [2.24, 2.45) is 0 Å². The molecule has 7 heteroatoms. The Morgan fingerprint density at radius 3 is 2.63 bits per heavy atom. The molecule has 0 bridgehead atoms. The highest BCUT2D eigenvalue weighted by Crippen LogP contribution is 2.09. The van der Waals surface area contributed by atoms with Crippen molar-refractivity contribution in [3.63, 3.8) is 0 Å². The van der Waals surface area contributed by atoms with Crippen LogP contribution in [0.15, 0.2) is 12.1 Å². The molecule has 0 aliphatic rings. The fourth-order valence-electron chi connectivity index (χ4n) is 1.73. The number of anilines is 1. The van der Waals surface area contributed by atoms with Crippen molar-refractivity contribution < 1.29 is 13.2 Å². The maximum atomic E-state index is 12.0. The van der Waals surface area contributed by atoms with Crippen LogP contribution in [-0.4, -0.2) is 37.4 Å². The Bertz CT molecular complexity index is 570. The van der Waals surface area contributed by atoms with Gasteiger partial charge < -0.3 is 11.1 Å². The van der Waals surface area contributed by atoms with E-state index in [9.17, 15) is 13.2 Å². The maximum Gasteiger partial charge on any atom is 0.251 e. The van der Waals surface area contributed by atoms with E-state index in [0.29, 0.717) is 12.0 Å². The first-order valence-corrected chi connectivity index (χ1v) is 8.02. The van der Waals surface area contributed by atoms with Crippen LogP contribution in [0.1, 0.15) is 29.9 Å². The van der Waals surface area contributed by atoms with Crippen LogP contribution in [0.5, 0.6) is 0 Å². The van der Waals surface area contributed by atoms with Gasteiger partial charge in [0.15, 0.2) is 0 Å². The Hall–Kier alpha value is -1.63. The molecule has 0 saturated heterocycles. The number of aryl methyl sites for hydroxylation is 1. The molecule has 1 aromatic heterocycles. The van der Waals surface area contributed by atoms with Crippen molar-refractivity contribution in [2.45, 2.75) is 26.3 Å². The summed E-state index contributed by atoms with van der Waals surface area (Å²) in [6, 6.07) is 2.67. The normalized spacial score (nSPS) is 13.0. The number of nitrogens with two attached hydrogens (primary N) is 1. The number of nitrogens with zero attached hydrogens (tertiary/aromatic N) is 1. The van der Waals surface area contributed by atoms with E-state index in [-0.39, 0.29) is 17.5 Å². The molecule has 0 aliphatic heterocycles. The van der Waals surface area contributed by atoms with E-state index < -0.39 is 15.9 Å². The molecular formula is C12H19N3O3S. The highest BCUT2D eigenvalue weighted by Gasteiger charge is 2.15. The minimum absolute atomic E-state index is 0.0973. The Labute approximate surface area is 113 Å². The molecule has 1 atom stereocenters. The van der Waals surface area contributed by atoms with E-state index in [1.165, 1.54) is 6.07 Å². The summed E-state index contributed by atoms with van der Waals surface area (Å²) in [5.41, 5.74) is 6.73. The van der Waals surface area contributed by atoms with Crippen LogP contribution in [0, 0.1) is 0 Å². The number of carbonyl (C=O) groups is 1. The van der Waals surface area contributed by atoms with Crippen LogP contribution >= 0.6 is 0 Å². The zero-order chi connectivity index (χ0) is 14.6. The average molecular weight is 285 g/mol. The number of hydrogen-bond donors (Lipinski definition) is 2. The van der Waals surface area contributed by atoms with Crippen LogP contribution in [0.25, 0.3) is 0 Å². The van der Waals surface area contributed by atoms with Crippen LogP contribution < -0.4 is 11.1 Å². The summed E-state index contributed by atoms with van der Waals surface area (Å²) in [6.45, 7) is 3.56. The number of amides is 1. The van der Waals surface area contributed by atoms with Gasteiger partial charge in [-0.05, 0) is 25.5 Å². The first-order valence-electron chi connectivity index (χ1n) is 5.96. The quantitative estimate of drug-likeness (QED) is 0.814. The van der Waals surface area contributed by atoms with E-state index in [1.54, 1.807) is 13.0 Å². The number of aromatic nitrogens is 1. The van der Waals surface area contributed by atoms with Gasteiger partial charge in [0, 0.05) is 23.6 Å². The number of nitrogens with one attached hydrogen (secondary N) is 1. The van der Waals surface area contributed by atoms with Crippen molar-refractivity contribution in [1.29, 1.82) is 0 Å². The molecule has 0 aromatic carbocycles. The second kappa shape index (κ2) is 6.01. The fourth-order valence-corrected chi connectivity index (χ4v) is 2.72. The van der Waals surface area contributed by atoms with Crippen LogP contribution in [0.2, 0.25) is 0 Å². The lowest BCUT2D eigenvalue weighted by atomic mass is 10.1. The minimum atomic E-state index is -3.12. The molecule has 1 heterocycles. The highest BCUT2D eigenvalue weighted by molar-refractivity contribution is 7.90. The number of hydrogen-bond acceptors (Lipinski definition) is 5. The minimum Gasteiger partial charge on any atom is -0.384 e. The van der Waals surface area contributed by atoms with Gasteiger partial charge in [-0.2, -0.15) is 0 Å². The van der Waals surface area contributed by atoms with Gasteiger partial charge in [-0.15, -0.1) is 0 Å². The molecular weight excluding hydrogens is 266 g/mol. The fraction of sp³-hybridized carbons (Fsp3) is 0.500. The van der Waals surface area contributed by atoms with Gasteiger partial charge in [0.05, 0.1) is 5.75 Å². The third-order valence-corrected chi connectivity index (χ3v) is 3.56. The third-order valence-electron chi connectivity index (χ3n) is 2.45. The number of carbonyl (C=O) groups excluding carboxylic acids is 1. The number of sulfone groups is 1. The zero-order valence-electron chi connectivity index (χ0n) is 11.3. The standard InChI is InChI=1S/C12H19N3O3S/c1-4-10-5-9(6-11(13)15-10)12(16)14-8(2)7-19(3,17)18/h5-6,8H,4,7H2,1-3H3,(H2,13,15)(H,14,16). The maximum absolute atomic E-state index is 12.0. The Morgan fingerprint density at radius 1 is 1.47 bits per heavy atom. The summed E-state index contributed by atoms with van der Waals surface area (Å²) in [5, 5.41) is 2.63. The topological polar surface area (TPSA) is 102 Å². The monoisotopic (exact) mass is 285 g/mol. The van der Waals surface area contributed by atoms with Gasteiger partial charge in [-0.25, -0.2) is 13.4 Å². The predicted molar refractivity (Wildman–Crippen MR) is 74.7 cm³/mol. The SMILES string of the molecule is CCc1cc(C(=O)NC(C)CS(C)(=O)=O)cc(N)n1. The lowest BCUT2D eigenvalue weighted by Gasteiger charge is -2.13. The van der Waals surface area contributed by atoms with E-state index in [4.69, 9.17) is 5.73 Å². The summed E-state index contributed by atoms with van der Waals surface area (Å²) in [6.07, 6.45) is 1.81. The van der Waals surface area contributed by atoms with Crippen LogP contribution in [0.4, 0.5) is 5.82 Å². The van der Waals surface area contributed by atoms with E-state index in [1.807, 2.05) is 6.92 Å². The molecule has 1 amide bonds. The molecule has 1 rings (SSSR count). The van der Waals surface area contributed by atoms with E-state index in [2.05, 4.69) is 10.3 Å². The van der Waals surface area contributed by atoms with Gasteiger partial charge in [0.25, 0.3) is 5.91 Å². The molecule has 1 unspecified atom stereocenters.